The number of nitrogens with one attached hydrogen (secondary N) is 2. The van der Waals surface area contributed by atoms with Crippen molar-refractivity contribution >= 4 is 11.8 Å². The number of carbonyl (C=O) groups is 2. The minimum Gasteiger partial charge on any atom is -0.381 e. The van der Waals surface area contributed by atoms with Gasteiger partial charge in [-0.05, 0) is 68.8 Å². The van der Waals surface area contributed by atoms with Crippen LogP contribution in [0.5, 0.6) is 0 Å². The first-order chi connectivity index (χ1) is 16.3. The molecule has 2 aliphatic rings. The molecule has 2 heterocycles. The van der Waals surface area contributed by atoms with Crippen LogP contribution in [0.15, 0.2) is 18.2 Å². The molecule has 8 heteroatoms. The van der Waals surface area contributed by atoms with Gasteiger partial charge >= 0.3 is 0 Å². The van der Waals surface area contributed by atoms with Gasteiger partial charge in [0.2, 0.25) is 11.8 Å². The smallest absolute Gasteiger partial charge is 0.242 e. The maximum absolute atomic E-state index is 13.7. The fraction of sp³-hybridized carbons (Fsp3) is 0.692. The quantitative estimate of drug-likeness (QED) is 0.690. The molecule has 2 N–H and O–H groups in total. The summed E-state index contributed by atoms with van der Waals surface area (Å²) in [6.07, 6.45) is 5.33. The summed E-state index contributed by atoms with van der Waals surface area (Å²) in [7, 11) is 0. The number of halogens is 2. The summed E-state index contributed by atoms with van der Waals surface area (Å²) in [5.41, 5.74) is 0.0364. The lowest BCUT2D eigenvalue weighted by Gasteiger charge is -2.42. The van der Waals surface area contributed by atoms with Crippen LogP contribution in [0.4, 0.5) is 8.78 Å². The minimum atomic E-state index is -0.578. The van der Waals surface area contributed by atoms with E-state index in [1.807, 2.05) is 13.8 Å². The fourth-order valence-corrected chi connectivity index (χ4v) is 4.95. The van der Waals surface area contributed by atoms with E-state index in [0.29, 0.717) is 57.8 Å². The van der Waals surface area contributed by atoms with Crippen LogP contribution < -0.4 is 10.6 Å². The van der Waals surface area contributed by atoms with Crippen LogP contribution in [0, 0.1) is 23.0 Å². The van der Waals surface area contributed by atoms with Crippen molar-refractivity contribution in [2.45, 2.75) is 71.4 Å². The Morgan fingerprint density at radius 3 is 2.41 bits per heavy atom. The summed E-state index contributed by atoms with van der Waals surface area (Å²) in [6, 6.07) is 3.03. The monoisotopic (exact) mass is 479 g/mol. The van der Waals surface area contributed by atoms with Crippen LogP contribution in [0.25, 0.3) is 0 Å². The van der Waals surface area contributed by atoms with Gasteiger partial charge in [-0.15, -0.1) is 0 Å². The zero-order valence-electron chi connectivity index (χ0n) is 20.5. The highest BCUT2D eigenvalue weighted by atomic mass is 19.1. The first-order valence-electron chi connectivity index (χ1n) is 12.7. The highest BCUT2D eigenvalue weighted by Gasteiger charge is 2.42. The van der Waals surface area contributed by atoms with Crippen molar-refractivity contribution in [3.05, 3.63) is 35.4 Å². The second-order valence-corrected chi connectivity index (χ2v) is 9.88. The third kappa shape index (κ3) is 7.22. The number of benzene rings is 1. The normalized spacial score (nSPS) is 24.2. The van der Waals surface area contributed by atoms with E-state index in [1.54, 1.807) is 0 Å². The highest BCUT2D eigenvalue weighted by Crippen LogP contribution is 2.38. The zero-order valence-corrected chi connectivity index (χ0v) is 20.5. The molecule has 2 amide bonds. The van der Waals surface area contributed by atoms with Gasteiger partial charge in [-0.25, -0.2) is 8.78 Å². The molecular formula is C26H39F2N3O3. The molecule has 1 aromatic carbocycles. The number of likely N-dealkylation sites (tertiary alicyclic amines) is 1. The van der Waals surface area contributed by atoms with E-state index < -0.39 is 23.1 Å². The minimum absolute atomic E-state index is 0.0214. The van der Waals surface area contributed by atoms with Gasteiger partial charge in [0.25, 0.3) is 0 Å². The van der Waals surface area contributed by atoms with Crippen molar-refractivity contribution in [3.63, 3.8) is 0 Å². The van der Waals surface area contributed by atoms with E-state index in [2.05, 4.69) is 15.5 Å². The van der Waals surface area contributed by atoms with E-state index in [0.717, 1.165) is 38.2 Å². The second-order valence-electron chi connectivity index (χ2n) is 9.88. The maximum atomic E-state index is 13.7. The fourth-order valence-electron chi connectivity index (χ4n) is 4.95. The topological polar surface area (TPSA) is 70.7 Å². The van der Waals surface area contributed by atoms with Crippen molar-refractivity contribution in [1.29, 1.82) is 0 Å². The summed E-state index contributed by atoms with van der Waals surface area (Å²) in [5, 5.41) is 6.07. The molecule has 0 unspecified atom stereocenters. The third-order valence-corrected chi connectivity index (χ3v) is 7.36. The van der Waals surface area contributed by atoms with E-state index >= 15 is 0 Å². The average molecular weight is 480 g/mol. The Hall–Kier alpha value is -2.06. The molecule has 1 aromatic rings. The van der Waals surface area contributed by atoms with Gasteiger partial charge < -0.3 is 15.4 Å². The lowest BCUT2D eigenvalue weighted by atomic mass is 9.73. The highest BCUT2D eigenvalue weighted by molar-refractivity contribution is 5.90. The van der Waals surface area contributed by atoms with Gasteiger partial charge in [-0.2, -0.15) is 0 Å². The van der Waals surface area contributed by atoms with Crippen LogP contribution in [-0.4, -0.2) is 55.6 Å². The molecule has 0 radical (unpaired) electrons. The van der Waals surface area contributed by atoms with Gasteiger partial charge in [-0.1, -0.05) is 26.7 Å². The number of hydrogen-bond acceptors (Lipinski definition) is 4. The van der Waals surface area contributed by atoms with Crippen molar-refractivity contribution in [2.24, 2.45) is 11.3 Å². The lowest BCUT2D eigenvalue weighted by molar-refractivity contribution is -0.139. The molecule has 2 saturated heterocycles. The van der Waals surface area contributed by atoms with Crippen molar-refractivity contribution in [1.82, 2.24) is 15.5 Å². The van der Waals surface area contributed by atoms with Crippen LogP contribution in [0.1, 0.15) is 64.4 Å². The van der Waals surface area contributed by atoms with Gasteiger partial charge in [0.15, 0.2) is 0 Å². The zero-order chi connectivity index (χ0) is 24.6. The molecular weight excluding hydrogens is 440 g/mol. The summed E-state index contributed by atoms with van der Waals surface area (Å²) in [4.78, 5) is 28.7. The lowest BCUT2D eigenvalue weighted by Crippen LogP contribution is -2.56. The molecule has 0 saturated carbocycles. The van der Waals surface area contributed by atoms with Gasteiger partial charge in [-0.3, -0.25) is 14.5 Å². The summed E-state index contributed by atoms with van der Waals surface area (Å²) in [5.74, 6) is -1.33. The van der Waals surface area contributed by atoms with Crippen molar-refractivity contribution < 1.29 is 23.1 Å². The number of hydrogen-bond donors (Lipinski definition) is 2. The van der Waals surface area contributed by atoms with E-state index in [4.69, 9.17) is 4.74 Å². The third-order valence-electron chi connectivity index (χ3n) is 7.36. The summed E-state index contributed by atoms with van der Waals surface area (Å²) < 4.78 is 32.9. The van der Waals surface area contributed by atoms with Gasteiger partial charge in [0.05, 0.1) is 5.41 Å². The van der Waals surface area contributed by atoms with Gasteiger partial charge in [0, 0.05) is 32.4 Å². The Labute approximate surface area is 201 Å². The number of amides is 2. The van der Waals surface area contributed by atoms with Crippen molar-refractivity contribution in [2.75, 3.05) is 32.8 Å². The number of piperidine rings is 1. The standard InChI is InChI=1S/C26H39F2N3O3/c1-3-19(2)23-24(32)29-10-6-14-34-13-5-4-7-26(25(33)30-23)8-11-31(12-9-26)18-20-15-21(27)17-22(28)16-20/h15-17,19,23H,3-14,18H2,1-2H3,(H,29,32)(H,30,33)/t19-,23-/m0/s1. The van der Waals surface area contributed by atoms with E-state index in [-0.39, 0.29) is 17.7 Å². The van der Waals surface area contributed by atoms with Crippen LogP contribution in [-0.2, 0) is 20.9 Å². The number of ether oxygens (including phenoxy) is 1. The first kappa shape index (κ1) is 26.5. The Bertz CT molecular complexity index is 807. The van der Waals surface area contributed by atoms with Crippen LogP contribution >= 0.6 is 0 Å². The molecule has 0 bridgehead atoms. The molecule has 2 fully saturated rings. The Kier molecular flexibility index (Phi) is 9.83. The predicted molar refractivity (Wildman–Crippen MR) is 127 cm³/mol. The van der Waals surface area contributed by atoms with Crippen LogP contribution in [0.3, 0.4) is 0 Å². The predicted octanol–water partition coefficient (Wildman–Crippen LogP) is 3.78. The Morgan fingerprint density at radius 2 is 1.74 bits per heavy atom. The average Bonchev–Trinajstić information content (AvgIpc) is 2.80. The molecule has 2 atom stereocenters. The van der Waals surface area contributed by atoms with Gasteiger partial charge in [0.1, 0.15) is 17.7 Å². The number of carbonyl (C=O) groups excluding carboxylic acids is 2. The van der Waals surface area contributed by atoms with E-state index in [1.165, 1.54) is 12.1 Å². The number of rotatable bonds is 4. The SMILES string of the molecule is CC[C@H](C)[C@@H]1NC(=O)C2(CCCCOCCCNC1=O)CCN(Cc1cc(F)cc(F)c1)CC2. The second kappa shape index (κ2) is 12.6. The molecule has 190 valence electrons. The molecule has 3 rings (SSSR count). The molecule has 0 aromatic heterocycles. The first-order valence-corrected chi connectivity index (χ1v) is 12.7. The molecule has 2 aliphatic heterocycles. The van der Waals surface area contributed by atoms with Crippen LogP contribution in [0.2, 0.25) is 0 Å². The molecule has 0 aliphatic carbocycles. The maximum Gasteiger partial charge on any atom is 0.242 e. The largest absolute Gasteiger partial charge is 0.381 e. The molecule has 1 spiro atoms. The Morgan fingerprint density at radius 1 is 1.06 bits per heavy atom. The Balaban J connectivity index is 1.72. The summed E-state index contributed by atoms with van der Waals surface area (Å²) in [6.45, 7) is 7.56. The molecule has 6 nitrogen and oxygen atoms in total. The van der Waals surface area contributed by atoms with Crippen molar-refractivity contribution in [3.8, 4) is 0 Å². The number of nitrogens with zero attached hydrogens (tertiary/aromatic N) is 1. The summed E-state index contributed by atoms with van der Waals surface area (Å²) >= 11 is 0. The van der Waals surface area contributed by atoms with E-state index in [9.17, 15) is 18.4 Å². The molecule has 34 heavy (non-hydrogen) atoms.